The van der Waals surface area contributed by atoms with Crippen molar-refractivity contribution in [2.45, 2.75) is 54.4 Å². The van der Waals surface area contributed by atoms with Crippen LogP contribution in [0.2, 0.25) is 0 Å². The van der Waals surface area contributed by atoms with Gasteiger partial charge >= 0.3 is 0 Å². The highest BCUT2D eigenvalue weighted by molar-refractivity contribution is 5.85. The smallest absolute Gasteiger partial charge is 0.00157 e. The number of hydrogen-bond donors (Lipinski definition) is 0. The molecule has 0 fully saturated rings. The highest BCUT2D eigenvalue weighted by Gasteiger charge is 2.29. The van der Waals surface area contributed by atoms with Crippen molar-refractivity contribution in [1.29, 1.82) is 0 Å². The quantitative estimate of drug-likeness (QED) is 0.610. The van der Waals surface area contributed by atoms with Gasteiger partial charge in [0.05, 0.1) is 0 Å². The van der Waals surface area contributed by atoms with Crippen molar-refractivity contribution in [3.8, 4) is 0 Å². The van der Waals surface area contributed by atoms with Crippen LogP contribution in [0.3, 0.4) is 0 Å². The first-order chi connectivity index (χ1) is 9.55. The van der Waals surface area contributed by atoms with Gasteiger partial charge in [0.1, 0.15) is 0 Å². The fourth-order valence-electron chi connectivity index (χ4n) is 3.52. The Morgan fingerprint density at radius 3 is 1.24 bits per heavy atom. The molecule has 0 amide bonds. The Hall–Kier alpha value is -0.0500. The Morgan fingerprint density at radius 1 is 0.714 bits per heavy atom. The molecule has 1 aliphatic carbocycles. The van der Waals surface area contributed by atoms with Gasteiger partial charge in [0.25, 0.3) is 0 Å². The molecule has 0 bridgehead atoms. The van der Waals surface area contributed by atoms with Crippen LogP contribution in [0.4, 0.5) is 0 Å². The van der Waals surface area contributed by atoms with Crippen molar-refractivity contribution >= 4 is 12.4 Å². The summed E-state index contributed by atoms with van der Waals surface area (Å²) in [6, 6.07) is 0. The van der Waals surface area contributed by atoms with Crippen LogP contribution in [0.5, 0.6) is 0 Å². The maximum absolute atomic E-state index is 2.60. The van der Waals surface area contributed by atoms with Crippen LogP contribution >= 0.6 is 12.4 Å². The van der Waals surface area contributed by atoms with Crippen molar-refractivity contribution in [3.63, 3.8) is 0 Å². The average Bonchev–Trinajstić information content (AvgIpc) is 2.46. The zero-order chi connectivity index (χ0) is 15.1. The molecule has 0 saturated heterocycles. The molecule has 0 saturated carbocycles. The first-order valence-electron chi connectivity index (χ1n) is 8.65. The molecule has 1 rings (SSSR count). The lowest BCUT2D eigenvalue weighted by molar-refractivity contribution is 0.149. The Balaban J connectivity index is 0.00000400. The van der Waals surface area contributed by atoms with Gasteiger partial charge in [0, 0.05) is 13.1 Å². The van der Waals surface area contributed by atoms with Crippen LogP contribution in [-0.4, -0.2) is 49.1 Å². The van der Waals surface area contributed by atoms with Crippen molar-refractivity contribution in [2.24, 2.45) is 11.8 Å². The van der Waals surface area contributed by atoms with Crippen LogP contribution < -0.4 is 0 Å². The second-order valence-electron chi connectivity index (χ2n) is 6.46. The van der Waals surface area contributed by atoms with E-state index in [1.807, 2.05) is 0 Å². The Kier molecular flexibility index (Phi) is 10.6. The predicted molar refractivity (Wildman–Crippen MR) is 97.4 cm³/mol. The first-order valence-corrected chi connectivity index (χ1v) is 8.65. The first kappa shape index (κ1) is 20.9. The van der Waals surface area contributed by atoms with E-state index in [9.17, 15) is 0 Å². The molecule has 3 heteroatoms. The molecule has 2 nitrogen and oxygen atoms in total. The summed E-state index contributed by atoms with van der Waals surface area (Å²) in [4.78, 5) is 5.21. The zero-order valence-electron chi connectivity index (χ0n) is 15.1. The minimum absolute atomic E-state index is 0. The second-order valence-corrected chi connectivity index (χ2v) is 6.46. The molecule has 21 heavy (non-hydrogen) atoms. The summed E-state index contributed by atoms with van der Waals surface area (Å²) >= 11 is 0. The molecular weight excluding hydrogens is 280 g/mol. The third-order valence-electron chi connectivity index (χ3n) is 5.31. The van der Waals surface area contributed by atoms with E-state index >= 15 is 0 Å². The summed E-state index contributed by atoms with van der Waals surface area (Å²) in [6.45, 7) is 21.2. The van der Waals surface area contributed by atoms with E-state index in [-0.39, 0.29) is 12.4 Å². The molecule has 2 unspecified atom stereocenters. The van der Waals surface area contributed by atoms with Crippen LogP contribution in [-0.2, 0) is 0 Å². The summed E-state index contributed by atoms with van der Waals surface area (Å²) in [5.74, 6) is 1.69. The molecule has 2 atom stereocenters. The third-order valence-corrected chi connectivity index (χ3v) is 5.31. The van der Waals surface area contributed by atoms with Gasteiger partial charge in [-0.15, -0.1) is 12.4 Å². The van der Waals surface area contributed by atoms with Gasteiger partial charge in [-0.3, -0.25) is 0 Å². The lowest BCUT2D eigenvalue weighted by Crippen LogP contribution is -2.40. The molecule has 0 heterocycles. The predicted octanol–water partition coefficient (Wildman–Crippen LogP) is 4.45. The van der Waals surface area contributed by atoms with E-state index in [1.165, 1.54) is 52.1 Å². The van der Waals surface area contributed by atoms with Crippen molar-refractivity contribution in [2.75, 3.05) is 39.3 Å². The standard InChI is InChI=1S/C18H36N2.ClH/c1-7-19(8-2)13-17-11-15(5)16(6)12-18(17)14-20(9-3)10-4;/h17-18H,7-14H2,1-6H3;1H. The molecular formula is C18H37ClN2. The average molecular weight is 317 g/mol. The molecule has 0 aromatic heterocycles. The second kappa shape index (κ2) is 10.6. The van der Waals surface area contributed by atoms with Gasteiger partial charge < -0.3 is 9.80 Å². The fourth-order valence-corrected chi connectivity index (χ4v) is 3.52. The maximum atomic E-state index is 2.60. The topological polar surface area (TPSA) is 6.48 Å². The van der Waals surface area contributed by atoms with Gasteiger partial charge in [-0.05, 0) is 64.7 Å². The molecule has 0 aliphatic heterocycles. The van der Waals surface area contributed by atoms with E-state index in [2.05, 4.69) is 51.3 Å². The minimum Gasteiger partial charge on any atom is -0.304 e. The third kappa shape index (κ3) is 6.30. The van der Waals surface area contributed by atoms with E-state index in [4.69, 9.17) is 0 Å². The summed E-state index contributed by atoms with van der Waals surface area (Å²) in [5.41, 5.74) is 3.30. The number of allylic oxidation sites excluding steroid dienone is 2. The van der Waals surface area contributed by atoms with Crippen molar-refractivity contribution < 1.29 is 0 Å². The Morgan fingerprint density at radius 2 is 1.00 bits per heavy atom. The van der Waals surface area contributed by atoms with E-state index in [0.717, 1.165) is 11.8 Å². The van der Waals surface area contributed by atoms with Crippen LogP contribution in [0.25, 0.3) is 0 Å². The van der Waals surface area contributed by atoms with Crippen LogP contribution in [0, 0.1) is 11.8 Å². The Labute approximate surface area is 139 Å². The monoisotopic (exact) mass is 316 g/mol. The molecule has 0 radical (unpaired) electrons. The van der Waals surface area contributed by atoms with E-state index < -0.39 is 0 Å². The van der Waals surface area contributed by atoms with Gasteiger partial charge in [0.2, 0.25) is 0 Å². The lowest BCUT2D eigenvalue weighted by Gasteiger charge is -2.38. The number of hydrogen-bond acceptors (Lipinski definition) is 2. The molecule has 0 aromatic rings. The fraction of sp³-hybridized carbons (Fsp3) is 0.889. The van der Waals surface area contributed by atoms with Crippen LogP contribution in [0.1, 0.15) is 54.4 Å². The highest BCUT2D eigenvalue weighted by atomic mass is 35.5. The largest absolute Gasteiger partial charge is 0.304 e. The molecule has 126 valence electrons. The minimum atomic E-state index is 0. The van der Waals surface area contributed by atoms with E-state index in [0.29, 0.717) is 0 Å². The lowest BCUT2D eigenvalue weighted by atomic mass is 9.76. The van der Waals surface area contributed by atoms with Crippen molar-refractivity contribution in [1.82, 2.24) is 9.80 Å². The van der Waals surface area contributed by atoms with Gasteiger partial charge in [-0.25, -0.2) is 0 Å². The van der Waals surface area contributed by atoms with Gasteiger partial charge in [-0.1, -0.05) is 38.8 Å². The molecule has 0 aromatic carbocycles. The summed E-state index contributed by atoms with van der Waals surface area (Å²) in [6.07, 6.45) is 2.63. The maximum Gasteiger partial charge on any atom is 0.00157 e. The number of nitrogens with zero attached hydrogens (tertiary/aromatic N) is 2. The van der Waals surface area contributed by atoms with Gasteiger partial charge in [-0.2, -0.15) is 0 Å². The summed E-state index contributed by atoms with van der Waals surface area (Å²) in [5, 5.41) is 0. The Bertz CT molecular complexity index is 276. The SMILES string of the molecule is CCN(CC)CC1CC(C)=C(C)CC1CN(CC)CC.Cl. The van der Waals surface area contributed by atoms with Gasteiger partial charge in [0.15, 0.2) is 0 Å². The number of halogens is 1. The van der Waals surface area contributed by atoms with Crippen LogP contribution in [0.15, 0.2) is 11.1 Å². The molecule has 0 spiro atoms. The summed E-state index contributed by atoms with van der Waals surface area (Å²) < 4.78 is 0. The molecule has 1 aliphatic rings. The van der Waals surface area contributed by atoms with E-state index in [1.54, 1.807) is 11.1 Å². The normalized spacial score (nSPS) is 22.9. The number of rotatable bonds is 8. The summed E-state index contributed by atoms with van der Waals surface area (Å²) in [7, 11) is 0. The molecule has 0 N–H and O–H groups in total. The highest BCUT2D eigenvalue weighted by Crippen LogP contribution is 2.35. The zero-order valence-corrected chi connectivity index (χ0v) is 15.9. The van der Waals surface area contributed by atoms with Crippen molar-refractivity contribution in [3.05, 3.63) is 11.1 Å².